The van der Waals surface area contributed by atoms with Crippen LogP contribution in [0.1, 0.15) is 23.1 Å². The number of rotatable bonds is 5. The molecule has 0 radical (unpaired) electrons. The zero-order valence-corrected chi connectivity index (χ0v) is 12.9. The fourth-order valence-electron chi connectivity index (χ4n) is 2.76. The van der Waals surface area contributed by atoms with Gasteiger partial charge in [0.25, 0.3) is 0 Å². The summed E-state index contributed by atoms with van der Waals surface area (Å²) in [4.78, 5) is 25.6. The molecule has 0 spiro atoms. The summed E-state index contributed by atoms with van der Waals surface area (Å²) >= 11 is 1.64. The van der Waals surface area contributed by atoms with E-state index in [1.165, 1.54) is 11.1 Å². The highest BCUT2D eigenvalue weighted by atomic mass is 32.1. The third-order valence-electron chi connectivity index (χ3n) is 4.00. The highest BCUT2D eigenvalue weighted by molar-refractivity contribution is 7.08. The number of amides is 1. The van der Waals surface area contributed by atoms with Gasteiger partial charge in [0.1, 0.15) is 0 Å². The van der Waals surface area contributed by atoms with Crippen LogP contribution in [-0.2, 0) is 29.1 Å². The summed E-state index contributed by atoms with van der Waals surface area (Å²) in [6, 6.07) is 9.45. The number of carboxylic acids is 1. The minimum Gasteiger partial charge on any atom is -0.481 e. The predicted molar refractivity (Wildman–Crippen MR) is 84.5 cm³/mol. The van der Waals surface area contributed by atoms with Crippen LogP contribution in [0.2, 0.25) is 0 Å². The van der Waals surface area contributed by atoms with Crippen molar-refractivity contribution in [2.75, 3.05) is 0 Å². The van der Waals surface area contributed by atoms with Crippen LogP contribution in [0, 0.1) is 5.92 Å². The molecule has 2 heterocycles. The third kappa shape index (κ3) is 3.20. The Morgan fingerprint density at radius 2 is 1.77 bits per heavy atom. The van der Waals surface area contributed by atoms with Gasteiger partial charge in [0.15, 0.2) is 0 Å². The number of thiophene rings is 1. The van der Waals surface area contributed by atoms with E-state index in [0.29, 0.717) is 19.5 Å². The summed E-state index contributed by atoms with van der Waals surface area (Å²) in [6.45, 7) is 1.21. The molecular weight excluding hydrogens is 298 g/mol. The molecule has 0 aliphatic carbocycles. The van der Waals surface area contributed by atoms with Gasteiger partial charge >= 0.3 is 5.97 Å². The van der Waals surface area contributed by atoms with Crippen molar-refractivity contribution in [3.05, 3.63) is 57.8 Å². The highest BCUT2D eigenvalue weighted by Crippen LogP contribution is 2.27. The van der Waals surface area contributed by atoms with Gasteiger partial charge in [-0.05, 0) is 33.9 Å². The minimum absolute atomic E-state index is 0.0535. The van der Waals surface area contributed by atoms with E-state index < -0.39 is 11.9 Å². The van der Waals surface area contributed by atoms with Crippen molar-refractivity contribution in [1.29, 1.82) is 0 Å². The Bertz CT molecular complexity index is 660. The summed E-state index contributed by atoms with van der Waals surface area (Å²) in [6.07, 6.45) is 0.439. The second-order valence-corrected chi connectivity index (χ2v) is 6.34. The third-order valence-corrected chi connectivity index (χ3v) is 4.84. The van der Waals surface area contributed by atoms with Gasteiger partial charge in [-0.2, -0.15) is 11.3 Å². The maximum atomic E-state index is 12.4. The van der Waals surface area contributed by atoms with Crippen molar-refractivity contribution in [2.24, 2.45) is 5.92 Å². The molecule has 0 fully saturated rings. The lowest BCUT2D eigenvalue weighted by Crippen LogP contribution is -2.30. The number of nitrogens with zero attached hydrogens (tertiary/aromatic N) is 1. The molecule has 1 aromatic heterocycles. The average molecular weight is 315 g/mol. The Labute approximate surface area is 133 Å². The molecule has 5 heteroatoms. The molecular formula is C17H17NO3S. The molecule has 2 aromatic rings. The molecule has 1 aromatic carbocycles. The van der Waals surface area contributed by atoms with Crippen molar-refractivity contribution in [3.63, 3.8) is 0 Å². The van der Waals surface area contributed by atoms with Gasteiger partial charge in [-0.15, -0.1) is 0 Å². The summed E-state index contributed by atoms with van der Waals surface area (Å²) in [5, 5.41) is 13.5. The SMILES string of the molecule is O=C(O)[C@H](CC(=O)N1Cc2cscc2C1)Cc1ccccc1. The maximum absolute atomic E-state index is 12.4. The number of hydrogen-bond acceptors (Lipinski definition) is 3. The first kappa shape index (κ1) is 14.8. The predicted octanol–water partition coefficient (Wildman–Crippen LogP) is 2.92. The number of carbonyl (C=O) groups is 2. The van der Waals surface area contributed by atoms with Crippen molar-refractivity contribution in [1.82, 2.24) is 4.90 Å². The molecule has 114 valence electrons. The van der Waals surface area contributed by atoms with E-state index in [4.69, 9.17) is 0 Å². The standard InChI is InChI=1S/C17H17NO3S/c19-16(18-8-14-10-22-11-15(14)9-18)7-13(17(20)21)6-12-4-2-1-3-5-12/h1-5,10-11,13H,6-9H2,(H,20,21)/t13-/m0/s1. The van der Waals surface area contributed by atoms with Gasteiger partial charge < -0.3 is 10.0 Å². The lowest BCUT2D eigenvalue weighted by molar-refractivity contribution is -0.146. The van der Waals surface area contributed by atoms with Gasteiger partial charge in [0.05, 0.1) is 5.92 Å². The largest absolute Gasteiger partial charge is 0.481 e. The zero-order valence-electron chi connectivity index (χ0n) is 12.1. The molecule has 0 saturated carbocycles. The summed E-state index contributed by atoms with van der Waals surface area (Å²) in [5.41, 5.74) is 3.32. The number of carboxylic acid groups (broad SMARTS) is 1. The number of fused-ring (bicyclic) bond motifs is 1. The van der Waals surface area contributed by atoms with E-state index in [9.17, 15) is 14.7 Å². The van der Waals surface area contributed by atoms with Gasteiger partial charge in [-0.1, -0.05) is 30.3 Å². The zero-order chi connectivity index (χ0) is 15.5. The Hall–Kier alpha value is -2.14. The minimum atomic E-state index is -0.911. The van der Waals surface area contributed by atoms with Crippen LogP contribution in [0.15, 0.2) is 41.1 Å². The summed E-state index contributed by atoms with van der Waals surface area (Å²) in [5.74, 6) is -1.66. The van der Waals surface area contributed by atoms with Crippen molar-refractivity contribution in [2.45, 2.75) is 25.9 Å². The van der Waals surface area contributed by atoms with Crippen molar-refractivity contribution < 1.29 is 14.7 Å². The topological polar surface area (TPSA) is 57.6 Å². The number of benzene rings is 1. The second-order valence-electron chi connectivity index (χ2n) is 5.60. The van der Waals surface area contributed by atoms with E-state index in [1.54, 1.807) is 16.2 Å². The van der Waals surface area contributed by atoms with Crippen LogP contribution in [0.4, 0.5) is 0 Å². The lowest BCUT2D eigenvalue weighted by atomic mass is 9.96. The maximum Gasteiger partial charge on any atom is 0.307 e. The van der Waals surface area contributed by atoms with Crippen LogP contribution in [0.3, 0.4) is 0 Å². The summed E-state index contributed by atoms with van der Waals surface area (Å²) in [7, 11) is 0. The van der Waals surface area contributed by atoms with E-state index in [0.717, 1.165) is 5.56 Å². The molecule has 0 bridgehead atoms. The Balaban J connectivity index is 1.63. The van der Waals surface area contributed by atoms with Crippen molar-refractivity contribution >= 4 is 23.2 Å². The van der Waals surface area contributed by atoms with E-state index >= 15 is 0 Å². The lowest BCUT2D eigenvalue weighted by Gasteiger charge is -2.19. The van der Waals surface area contributed by atoms with Crippen LogP contribution in [0.25, 0.3) is 0 Å². The van der Waals surface area contributed by atoms with E-state index in [1.807, 2.05) is 30.3 Å². The molecule has 1 aliphatic rings. The molecule has 3 rings (SSSR count). The van der Waals surface area contributed by atoms with Crippen LogP contribution < -0.4 is 0 Å². The smallest absolute Gasteiger partial charge is 0.307 e. The fraction of sp³-hybridized carbons (Fsp3) is 0.294. The van der Waals surface area contributed by atoms with Crippen LogP contribution in [0.5, 0.6) is 0 Å². The van der Waals surface area contributed by atoms with Gasteiger partial charge in [-0.25, -0.2) is 0 Å². The molecule has 1 aliphatic heterocycles. The van der Waals surface area contributed by atoms with Crippen LogP contribution in [-0.4, -0.2) is 21.9 Å². The highest BCUT2D eigenvalue weighted by Gasteiger charge is 2.28. The first-order valence-electron chi connectivity index (χ1n) is 7.22. The molecule has 1 amide bonds. The van der Waals surface area contributed by atoms with Crippen LogP contribution >= 0.6 is 11.3 Å². The molecule has 22 heavy (non-hydrogen) atoms. The molecule has 0 unspecified atom stereocenters. The fourth-order valence-corrected chi connectivity index (χ4v) is 3.60. The summed E-state index contributed by atoms with van der Waals surface area (Å²) < 4.78 is 0. The van der Waals surface area contributed by atoms with Gasteiger partial charge in [0, 0.05) is 19.5 Å². The first-order valence-corrected chi connectivity index (χ1v) is 8.16. The molecule has 0 saturated heterocycles. The van der Waals surface area contributed by atoms with Gasteiger partial charge in [0.2, 0.25) is 5.91 Å². The Morgan fingerprint density at radius 1 is 1.14 bits per heavy atom. The monoisotopic (exact) mass is 315 g/mol. The normalized spacial score (nSPS) is 14.6. The number of carbonyl (C=O) groups excluding carboxylic acids is 1. The Morgan fingerprint density at radius 3 is 2.36 bits per heavy atom. The van der Waals surface area contributed by atoms with E-state index in [2.05, 4.69) is 10.8 Å². The first-order chi connectivity index (χ1) is 10.6. The van der Waals surface area contributed by atoms with E-state index in [-0.39, 0.29) is 12.3 Å². The molecule has 4 nitrogen and oxygen atoms in total. The van der Waals surface area contributed by atoms with Gasteiger partial charge in [-0.3, -0.25) is 9.59 Å². The van der Waals surface area contributed by atoms with Crippen molar-refractivity contribution in [3.8, 4) is 0 Å². The number of hydrogen-bond donors (Lipinski definition) is 1. The molecule has 1 N–H and O–H groups in total. The molecule has 1 atom stereocenters. The second kappa shape index (κ2) is 6.32. The number of aliphatic carboxylic acids is 1. The average Bonchev–Trinajstić information content (AvgIpc) is 3.08. The quantitative estimate of drug-likeness (QED) is 0.923. The Kier molecular flexibility index (Phi) is 4.24.